The second-order valence-corrected chi connectivity index (χ2v) is 8.65. The van der Waals surface area contributed by atoms with Crippen molar-refractivity contribution in [3.8, 4) is 0 Å². The molecule has 1 aliphatic rings. The van der Waals surface area contributed by atoms with Crippen molar-refractivity contribution in [2.75, 3.05) is 15.5 Å². The number of halogens is 5. The van der Waals surface area contributed by atoms with E-state index in [4.69, 9.17) is 46.4 Å². The summed E-state index contributed by atoms with van der Waals surface area (Å²) in [6.07, 6.45) is 0. The summed E-state index contributed by atoms with van der Waals surface area (Å²) >= 11 is 24.0. The Morgan fingerprint density at radius 3 is 2.32 bits per heavy atom. The van der Waals surface area contributed by atoms with Gasteiger partial charge in [0.15, 0.2) is 0 Å². The SMILES string of the molecule is O=C(Nc1ccc(F)c(Cl)c1)c1cccc(NC2=C(Cl)C(=O)N(c3cc(Cl)ccc3Cl)C2=O)c1. The highest BCUT2D eigenvalue weighted by atomic mass is 35.5. The lowest BCUT2D eigenvalue weighted by molar-refractivity contribution is -0.120. The number of amides is 3. The average molecular weight is 539 g/mol. The van der Waals surface area contributed by atoms with Crippen LogP contribution in [0.15, 0.2) is 71.4 Å². The first-order valence-corrected chi connectivity index (χ1v) is 11.0. The molecular weight excluding hydrogens is 527 g/mol. The molecule has 3 amide bonds. The van der Waals surface area contributed by atoms with Gasteiger partial charge in [-0.1, -0.05) is 52.5 Å². The van der Waals surface area contributed by atoms with E-state index in [9.17, 15) is 18.8 Å². The predicted molar refractivity (Wildman–Crippen MR) is 131 cm³/mol. The van der Waals surface area contributed by atoms with E-state index in [1.165, 1.54) is 42.5 Å². The van der Waals surface area contributed by atoms with Gasteiger partial charge in [-0.25, -0.2) is 9.29 Å². The maximum atomic E-state index is 13.3. The zero-order valence-corrected chi connectivity index (χ0v) is 19.9. The summed E-state index contributed by atoms with van der Waals surface area (Å²) in [6.45, 7) is 0. The first-order chi connectivity index (χ1) is 16.2. The van der Waals surface area contributed by atoms with E-state index in [1.807, 2.05) is 0 Å². The number of carbonyl (C=O) groups excluding carboxylic acids is 3. The lowest BCUT2D eigenvalue weighted by Gasteiger charge is -2.17. The third kappa shape index (κ3) is 4.74. The van der Waals surface area contributed by atoms with E-state index in [0.717, 1.165) is 11.0 Å². The average Bonchev–Trinajstić information content (AvgIpc) is 3.01. The fraction of sp³-hybridized carbons (Fsp3) is 0. The molecule has 0 saturated heterocycles. The normalized spacial score (nSPS) is 13.5. The van der Waals surface area contributed by atoms with E-state index in [1.54, 1.807) is 12.1 Å². The standard InChI is InChI=1S/C23H12Cl4FN3O3/c24-12-4-6-15(25)18(9-12)31-22(33)19(27)20(23(31)34)29-13-3-1-2-11(8-13)21(32)30-14-5-7-17(28)16(26)10-14/h1-10,29H,(H,30,32). The van der Waals surface area contributed by atoms with Gasteiger partial charge in [0.2, 0.25) is 0 Å². The van der Waals surface area contributed by atoms with Gasteiger partial charge in [-0.15, -0.1) is 0 Å². The van der Waals surface area contributed by atoms with Crippen LogP contribution in [0.25, 0.3) is 0 Å². The van der Waals surface area contributed by atoms with Crippen LogP contribution in [0.1, 0.15) is 10.4 Å². The number of nitrogens with one attached hydrogen (secondary N) is 2. The highest BCUT2D eigenvalue weighted by Crippen LogP contribution is 2.36. The zero-order valence-electron chi connectivity index (χ0n) is 16.8. The molecule has 0 spiro atoms. The van der Waals surface area contributed by atoms with Gasteiger partial charge in [-0.05, 0) is 54.6 Å². The summed E-state index contributed by atoms with van der Waals surface area (Å²) in [5, 5.41) is 5.32. The lowest BCUT2D eigenvalue weighted by atomic mass is 10.1. The van der Waals surface area contributed by atoms with Crippen molar-refractivity contribution in [1.82, 2.24) is 0 Å². The minimum atomic E-state index is -0.777. The van der Waals surface area contributed by atoms with E-state index >= 15 is 0 Å². The fourth-order valence-electron chi connectivity index (χ4n) is 3.15. The third-order valence-corrected chi connectivity index (χ3v) is 5.94. The van der Waals surface area contributed by atoms with E-state index in [-0.39, 0.29) is 37.0 Å². The Bertz CT molecular complexity index is 1390. The summed E-state index contributed by atoms with van der Waals surface area (Å²) in [5.41, 5.74) is 0.730. The Morgan fingerprint density at radius 2 is 1.59 bits per heavy atom. The van der Waals surface area contributed by atoms with Crippen molar-refractivity contribution in [1.29, 1.82) is 0 Å². The molecule has 1 aliphatic heterocycles. The Balaban J connectivity index is 1.56. The molecule has 4 rings (SSSR count). The molecule has 0 atom stereocenters. The molecule has 3 aromatic rings. The molecule has 172 valence electrons. The monoisotopic (exact) mass is 537 g/mol. The highest BCUT2D eigenvalue weighted by Gasteiger charge is 2.40. The predicted octanol–water partition coefficient (Wildman–Crippen LogP) is 6.47. The molecule has 3 aromatic carbocycles. The van der Waals surface area contributed by atoms with E-state index < -0.39 is 23.5 Å². The van der Waals surface area contributed by atoms with Gasteiger partial charge in [0.1, 0.15) is 16.5 Å². The molecule has 2 N–H and O–H groups in total. The Hall–Kier alpha value is -3.10. The van der Waals surface area contributed by atoms with Crippen LogP contribution < -0.4 is 15.5 Å². The maximum Gasteiger partial charge on any atom is 0.283 e. The molecule has 0 aromatic heterocycles. The molecular formula is C23H12Cl4FN3O3. The van der Waals surface area contributed by atoms with Gasteiger partial charge < -0.3 is 10.6 Å². The third-order valence-electron chi connectivity index (χ3n) is 4.75. The van der Waals surface area contributed by atoms with Crippen LogP contribution in [0.4, 0.5) is 21.5 Å². The van der Waals surface area contributed by atoms with Crippen LogP contribution in [-0.4, -0.2) is 17.7 Å². The summed E-state index contributed by atoms with van der Waals surface area (Å²) in [5.74, 6) is -2.64. The molecule has 11 heteroatoms. The van der Waals surface area contributed by atoms with Gasteiger partial charge in [0.05, 0.1) is 15.7 Å². The van der Waals surface area contributed by atoms with Gasteiger partial charge in [-0.2, -0.15) is 0 Å². The summed E-state index contributed by atoms with van der Waals surface area (Å²) in [4.78, 5) is 39.1. The van der Waals surface area contributed by atoms with Crippen LogP contribution >= 0.6 is 46.4 Å². The van der Waals surface area contributed by atoms with Crippen LogP contribution in [0.5, 0.6) is 0 Å². The molecule has 0 aliphatic carbocycles. The second-order valence-electron chi connectivity index (χ2n) is 7.02. The maximum absolute atomic E-state index is 13.3. The van der Waals surface area contributed by atoms with E-state index in [0.29, 0.717) is 11.4 Å². The smallest absolute Gasteiger partial charge is 0.283 e. The molecule has 34 heavy (non-hydrogen) atoms. The van der Waals surface area contributed by atoms with Crippen LogP contribution in [0.3, 0.4) is 0 Å². The van der Waals surface area contributed by atoms with E-state index in [2.05, 4.69) is 10.6 Å². The largest absolute Gasteiger partial charge is 0.350 e. The summed E-state index contributed by atoms with van der Waals surface area (Å²) < 4.78 is 13.3. The quantitative estimate of drug-likeness (QED) is 0.365. The Kier molecular flexibility index (Phi) is 6.81. The minimum absolute atomic E-state index is 0.0882. The second kappa shape index (κ2) is 9.64. The van der Waals surface area contributed by atoms with Gasteiger partial charge in [-0.3, -0.25) is 14.4 Å². The highest BCUT2D eigenvalue weighted by molar-refractivity contribution is 6.54. The first kappa shape index (κ1) is 24.0. The molecule has 0 fully saturated rings. The number of rotatable bonds is 5. The van der Waals surface area contributed by atoms with Gasteiger partial charge >= 0.3 is 0 Å². The zero-order chi connectivity index (χ0) is 24.6. The van der Waals surface area contributed by atoms with Crippen LogP contribution in [0, 0.1) is 5.82 Å². The fourth-order valence-corrected chi connectivity index (χ4v) is 3.91. The number of hydrogen-bond acceptors (Lipinski definition) is 4. The van der Waals surface area contributed by atoms with Crippen molar-refractivity contribution in [2.24, 2.45) is 0 Å². The molecule has 0 saturated carbocycles. The number of hydrogen-bond donors (Lipinski definition) is 2. The Morgan fingerprint density at radius 1 is 0.824 bits per heavy atom. The van der Waals surface area contributed by atoms with Crippen molar-refractivity contribution in [2.45, 2.75) is 0 Å². The first-order valence-electron chi connectivity index (χ1n) is 9.53. The summed E-state index contributed by atoms with van der Waals surface area (Å²) in [6, 6.07) is 14.2. The lowest BCUT2D eigenvalue weighted by Crippen LogP contribution is -2.32. The molecule has 0 radical (unpaired) electrons. The van der Waals surface area contributed by atoms with Crippen molar-refractivity contribution in [3.05, 3.63) is 97.8 Å². The number of anilines is 3. The summed E-state index contributed by atoms with van der Waals surface area (Å²) in [7, 11) is 0. The number of nitrogens with zero attached hydrogens (tertiary/aromatic N) is 1. The Labute approximate surface area is 212 Å². The number of carbonyl (C=O) groups is 3. The minimum Gasteiger partial charge on any atom is -0.350 e. The molecule has 6 nitrogen and oxygen atoms in total. The molecule has 1 heterocycles. The topological polar surface area (TPSA) is 78.5 Å². The molecule has 0 unspecified atom stereocenters. The van der Waals surface area contributed by atoms with Crippen LogP contribution in [-0.2, 0) is 9.59 Å². The molecule has 0 bridgehead atoms. The van der Waals surface area contributed by atoms with Crippen molar-refractivity contribution >= 4 is 81.2 Å². The number of benzene rings is 3. The van der Waals surface area contributed by atoms with Gasteiger partial charge in [0.25, 0.3) is 17.7 Å². The van der Waals surface area contributed by atoms with Crippen molar-refractivity contribution < 1.29 is 18.8 Å². The van der Waals surface area contributed by atoms with Gasteiger partial charge in [0, 0.05) is 22.0 Å². The van der Waals surface area contributed by atoms with Crippen molar-refractivity contribution in [3.63, 3.8) is 0 Å². The van der Waals surface area contributed by atoms with Crippen LogP contribution in [0.2, 0.25) is 15.1 Å². The number of imide groups is 1.